The van der Waals surface area contributed by atoms with E-state index in [1.807, 2.05) is 0 Å². The number of carbonyl (C=O) groups is 2. The number of hydrogen-bond acceptors (Lipinski definition) is 9. The van der Waals surface area contributed by atoms with Crippen molar-refractivity contribution in [1.29, 1.82) is 0 Å². The van der Waals surface area contributed by atoms with Crippen LogP contribution in [0.4, 0.5) is 9.59 Å². The van der Waals surface area contributed by atoms with Gasteiger partial charge in [0.2, 0.25) is 0 Å². The molecule has 2 unspecified atom stereocenters. The molecule has 352 valence electrons. The van der Waals surface area contributed by atoms with Crippen molar-refractivity contribution >= 4 is 12.3 Å². The highest BCUT2D eigenvalue weighted by Crippen LogP contribution is 2.19. The molecule has 0 aromatic rings. The molecule has 0 saturated carbocycles. The summed E-state index contributed by atoms with van der Waals surface area (Å²) >= 11 is 0. The fraction of sp³-hybridized carbons (Fsp3) is 0.960. The van der Waals surface area contributed by atoms with Crippen LogP contribution in [0.3, 0.4) is 0 Å². The molecule has 0 fully saturated rings. The lowest BCUT2D eigenvalue weighted by Gasteiger charge is -2.22. The molecule has 0 rings (SSSR count). The molecule has 0 aliphatic heterocycles. The van der Waals surface area contributed by atoms with Gasteiger partial charge in [-0.25, -0.2) is 9.59 Å². The maximum Gasteiger partial charge on any atom is 0.508 e. The van der Waals surface area contributed by atoms with Crippen LogP contribution in [0.15, 0.2) is 0 Å². The van der Waals surface area contributed by atoms with E-state index >= 15 is 0 Å². The van der Waals surface area contributed by atoms with E-state index in [4.69, 9.17) is 28.8 Å². The molecular formula is C50H99NO8. The van der Waals surface area contributed by atoms with Gasteiger partial charge in [-0.15, -0.1) is 0 Å². The lowest BCUT2D eigenvalue weighted by molar-refractivity contribution is 0.0145. The molecule has 59 heavy (non-hydrogen) atoms. The molecule has 2 atom stereocenters. The van der Waals surface area contributed by atoms with Crippen LogP contribution in [0.25, 0.3) is 0 Å². The SMILES string of the molecule is CCCCCCCCC(CCCCCC)OC(=O)OCCCCCCCN(CCCCCCCOC(=O)OC(CCCCCC)CCCCCCCC)CCOCCO. The minimum Gasteiger partial charge on any atom is -0.434 e. The van der Waals surface area contributed by atoms with E-state index in [2.05, 4.69) is 32.6 Å². The van der Waals surface area contributed by atoms with Crippen molar-refractivity contribution in [3.8, 4) is 0 Å². The molecular weight excluding hydrogens is 743 g/mol. The quantitative estimate of drug-likeness (QED) is 0.0474. The molecule has 9 nitrogen and oxygen atoms in total. The zero-order valence-corrected chi connectivity index (χ0v) is 39.6. The van der Waals surface area contributed by atoms with Crippen LogP contribution < -0.4 is 0 Å². The van der Waals surface area contributed by atoms with E-state index in [-0.39, 0.29) is 18.8 Å². The van der Waals surface area contributed by atoms with Crippen LogP contribution in [0.5, 0.6) is 0 Å². The molecule has 9 heteroatoms. The smallest absolute Gasteiger partial charge is 0.434 e. The van der Waals surface area contributed by atoms with E-state index in [9.17, 15) is 9.59 Å². The van der Waals surface area contributed by atoms with E-state index in [0.717, 1.165) is 135 Å². The third kappa shape index (κ3) is 42.9. The van der Waals surface area contributed by atoms with Gasteiger partial charge < -0.3 is 33.7 Å². The van der Waals surface area contributed by atoms with Crippen LogP contribution in [0, 0.1) is 0 Å². The van der Waals surface area contributed by atoms with Crippen molar-refractivity contribution in [2.24, 2.45) is 0 Å². The Morgan fingerprint density at radius 2 is 0.712 bits per heavy atom. The Hall–Kier alpha value is -1.58. The van der Waals surface area contributed by atoms with Crippen molar-refractivity contribution in [3.05, 3.63) is 0 Å². The largest absolute Gasteiger partial charge is 0.508 e. The van der Waals surface area contributed by atoms with Gasteiger partial charge in [-0.3, -0.25) is 0 Å². The van der Waals surface area contributed by atoms with E-state index < -0.39 is 12.3 Å². The van der Waals surface area contributed by atoms with Crippen molar-refractivity contribution in [2.45, 2.75) is 258 Å². The normalized spacial score (nSPS) is 12.5. The monoisotopic (exact) mass is 842 g/mol. The van der Waals surface area contributed by atoms with Crippen LogP contribution >= 0.6 is 0 Å². The number of hydrogen-bond donors (Lipinski definition) is 1. The Morgan fingerprint density at radius 1 is 0.390 bits per heavy atom. The predicted molar refractivity (Wildman–Crippen MR) is 246 cm³/mol. The number of rotatable bonds is 47. The van der Waals surface area contributed by atoms with Crippen molar-refractivity contribution in [2.75, 3.05) is 52.7 Å². The summed E-state index contributed by atoms with van der Waals surface area (Å²) in [5, 5.41) is 9.10. The van der Waals surface area contributed by atoms with E-state index in [1.165, 1.54) is 103 Å². The zero-order chi connectivity index (χ0) is 43.1. The van der Waals surface area contributed by atoms with Crippen LogP contribution in [-0.4, -0.2) is 87.2 Å². The number of aliphatic hydroxyl groups is 1. The summed E-state index contributed by atoms with van der Waals surface area (Å²) in [7, 11) is 0. The minimum absolute atomic E-state index is 0.0122. The second kappa shape index (κ2) is 47.5. The van der Waals surface area contributed by atoms with E-state index in [1.54, 1.807) is 0 Å². The summed E-state index contributed by atoms with van der Waals surface area (Å²) < 4.78 is 28.1. The fourth-order valence-electron chi connectivity index (χ4n) is 7.71. The first kappa shape index (κ1) is 57.4. The first-order chi connectivity index (χ1) is 29.0. The minimum atomic E-state index is -0.487. The molecule has 0 spiro atoms. The van der Waals surface area contributed by atoms with Gasteiger partial charge in [-0.05, 0) is 90.1 Å². The Kier molecular flexibility index (Phi) is 46.2. The molecule has 0 bridgehead atoms. The third-order valence-corrected chi connectivity index (χ3v) is 11.5. The number of nitrogens with zero attached hydrogens (tertiary/aromatic N) is 1. The van der Waals surface area contributed by atoms with Gasteiger partial charge >= 0.3 is 12.3 Å². The predicted octanol–water partition coefficient (Wildman–Crippen LogP) is 14.7. The molecule has 0 aromatic heterocycles. The number of carbonyl (C=O) groups excluding carboxylic acids is 2. The highest BCUT2D eigenvalue weighted by atomic mass is 16.7. The summed E-state index contributed by atoms with van der Waals surface area (Å²) in [6, 6.07) is 0. The van der Waals surface area contributed by atoms with Gasteiger partial charge in [0.05, 0.1) is 33.0 Å². The summed E-state index contributed by atoms with van der Waals surface area (Å²) in [6.07, 6.45) is 38.0. The summed E-state index contributed by atoms with van der Waals surface area (Å²) in [5.74, 6) is 0. The average Bonchev–Trinajstić information content (AvgIpc) is 3.23. The lowest BCUT2D eigenvalue weighted by Crippen LogP contribution is -2.30. The third-order valence-electron chi connectivity index (χ3n) is 11.5. The zero-order valence-electron chi connectivity index (χ0n) is 39.6. The molecule has 0 heterocycles. The molecule has 0 aliphatic rings. The fourth-order valence-corrected chi connectivity index (χ4v) is 7.71. The Labute approximate surface area is 365 Å². The Bertz CT molecular complexity index is 799. The second-order valence-corrected chi connectivity index (χ2v) is 17.2. The van der Waals surface area contributed by atoms with Gasteiger partial charge in [0.1, 0.15) is 12.2 Å². The molecule has 0 amide bonds. The van der Waals surface area contributed by atoms with Crippen molar-refractivity contribution < 1.29 is 38.4 Å². The average molecular weight is 842 g/mol. The second-order valence-electron chi connectivity index (χ2n) is 17.2. The Balaban J connectivity index is 4.27. The highest BCUT2D eigenvalue weighted by Gasteiger charge is 2.17. The van der Waals surface area contributed by atoms with Gasteiger partial charge in [0, 0.05) is 6.54 Å². The molecule has 0 saturated heterocycles. The number of ether oxygens (including phenoxy) is 5. The topological polar surface area (TPSA) is 104 Å². The summed E-state index contributed by atoms with van der Waals surface area (Å²) in [5.41, 5.74) is 0. The first-order valence-corrected chi connectivity index (χ1v) is 25.6. The lowest BCUT2D eigenvalue weighted by atomic mass is 10.0. The van der Waals surface area contributed by atoms with E-state index in [0.29, 0.717) is 26.4 Å². The standard InChI is InChI=1S/C50H99NO8/c1-5-9-13-17-21-29-37-47(35-27-15-11-7-3)58-49(53)56-43-33-25-19-23-31-39-51(41-45-55-46-42-52)40-32-24-20-26-34-44-57-50(54)59-48(36-28-16-12-8-4)38-30-22-18-14-10-6-2/h47-48,52H,5-46H2,1-4H3. The highest BCUT2D eigenvalue weighted by molar-refractivity contribution is 5.60. The molecule has 0 aromatic carbocycles. The molecule has 1 N–H and O–H groups in total. The Morgan fingerprint density at radius 3 is 1.08 bits per heavy atom. The van der Waals surface area contributed by atoms with Gasteiger partial charge in [-0.2, -0.15) is 0 Å². The van der Waals surface area contributed by atoms with Crippen LogP contribution in [0.1, 0.15) is 246 Å². The van der Waals surface area contributed by atoms with Crippen molar-refractivity contribution in [1.82, 2.24) is 4.90 Å². The molecule has 0 radical (unpaired) electrons. The van der Waals surface area contributed by atoms with Gasteiger partial charge in [-0.1, -0.05) is 169 Å². The van der Waals surface area contributed by atoms with Gasteiger partial charge in [0.15, 0.2) is 0 Å². The van der Waals surface area contributed by atoms with Crippen molar-refractivity contribution in [3.63, 3.8) is 0 Å². The maximum absolute atomic E-state index is 12.5. The molecule has 0 aliphatic carbocycles. The number of aliphatic hydroxyl groups excluding tert-OH is 1. The number of unbranched alkanes of at least 4 members (excludes halogenated alkanes) is 24. The summed E-state index contributed by atoms with van der Waals surface area (Å²) in [4.78, 5) is 27.5. The summed E-state index contributed by atoms with van der Waals surface area (Å²) in [6.45, 7) is 13.8. The maximum atomic E-state index is 12.5. The van der Waals surface area contributed by atoms with Crippen LogP contribution in [0.2, 0.25) is 0 Å². The first-order valence-electron chi connectivity index (χ1n) is 25.6. The van der Waals surface area contributed by atoms with Gasteiger partial charge in [0.25, 0.3) is 0 Å². The van der Waals surface area contributed by atoms with Crippen LogP contribution in [-0.2, 0) is 23.7 Å².